The SMILES string of the molecule is Nc1nc(CN2CCN(c3cccc(Cl)c3)CC2)nc(Nc2ccccc2)n1. The number of aromatic nitrogens is 3. The molecule has 1 fully saturated rings. The number of nitrogens with one attached hydrogen (secondary N) is 1. The van der Waals surface area contributed by atoms with Crippen molar-refractivity contribution in [3.63, 3.8) is 0 Å². The van der Waals surface area contributed by atoms with E-state index < -0.39 is 0 Å². The summed E-state index contributed by atoms with van der Waals surface area (Å²) in [5.41, 5.74) is 7.96. The highest BCUT2D eigenvalue weighted by molar-refractivity contribution is 6.30. The summed E-state index contributed by atoms with van der Waals surface area (Å²) in [5, 5.41) is 3.94. The molecule has 0 unspecified atom stereocenters. The van der Waals surface area contributed by atoms with Gasteiger partial charge in [0.1, 0.15) is 5.82 Å². The molecule has 3 N–H and O–H groups in total. The van der Waals surface area contributed by atoms with Crippen molar-refractivity contribution in [2.45, 2.75) is 6.54 Å². The summed E-state index contributed by atoms with van der Waals surface area (Å²) in [4.78, 5) is 17.7. The van der Waals surface area contributed by atoms with Crippen molar-refractivity contribution in [3.8, 4) is 0 Å². The molecule has 0 radical (unpaired) electrons. The maximum absolute atomic E-state index is 6.11. The van der Waals surface area contributed by atoms with Crippen molar-refractivity contribution in [3.05, 3.63) is 65.4 Å². The Morgan fingerprint density at radius 1 is 0.929 bits per heavy atom. The van der Waals surface area contributed by atoms with Crippen LogP contribution in [0.25, 0.3) is 0 Å². The van der Waals surface area contributed by atoms with E-state index in [1.807, 2.05) is 48.5 Å². The lowest BCUT2D eigenvalue weighted by atomic mass is 10.2. The van der Waals surface area contributed by atoms with Crippen LogP contribution in [-0.4, -0.2) is 46.0 Å². The van der Waals surface area contributed by atoms with Gasteiger partial charge in [0.15, 0.2) is 0 Å². The fraction of sp³-hybridized carbons (Fsp3) is 0.250. The molecule has 1 aliphatic heterocycles. The van der Waals surface area contributed by atoms with Gasteiger partial charge >= 0.3 is 0 Å². The van der Waals surface area contributed by atoms with Gasteiger partial charge in [-0.1, -0.05) is 35.9 Å². The predicted molar refractivity (Wildman–Crippen MR) is 113 cm³/mol. The molecule has 0 saturated carbocycles. The molecule has 1 aromatic heterocycles. The molecule has 4 rings (SSSR count). The summed E-state index contributed by atoms with van der Waals surface area (Å²) >= 11 is 6.11. The Kier molecular flexibility index (Phi) is 5.55. The average Bonchev–Trinajstić information content (AvgIpc) is 2.69. The molecule has 0 aliphatic carbocycles. The molecule has 2 aromatic carbocycles. The first kappa shape index (κ1) is 18.5. The van der Waals surface area contributed by atoms with E-state index in [1.165, 1.54) is 0 Å². The van der Waals surface area contributed by atoms with Gasteiger partial charge < -0.3 is 16.0 Å². The number of halogens is 1. The van der Waals surface area contributed by atoms with Crippen LogP contribution in [0.2, 0.25) is 5.02 Å². The Morgan fingerprint density at radius 3 is 2.46 bits per heavy atom. The normalized spacial score (nSPS) is 14.8. The van der Waals surface area contributed by atoms with Gasteiger partial charge in [-0.05, 0) is 30.3 Å². The number of para-hydroxylation sites is 1. The molecular weight excluding hydrogens is 374 g/mol. The van der Waals surface area contributed by atoms with Crippen LogP contribution >= 0.6 is 11.6 Å². The number of hydrogen-bond acceptors (Lipinski definition) is 7. The zero-order valence-electron chi connectivity index (χ0n) is 15.4. The van der Waals surface area contributed by atoms with Crippen molar-refractivity contribution in [1.82, 2.24) is 19.9 Å². The molecule has 0 bridgehead atoms. The van der Waals surface area contributed by atoms with Gasteiger partial charge in [-0.25, -0.2) is 0 Å². The van der Waals surface area contributed by atoms with Crippen LogP contribution in [0.15, 0.2) is 54.6 Å². The Hall–Kier alpha value is -2.90. The molecule has 8 heteroatoms. The van der Waals surface area contributed by atoms with Gasteiger partial charge in [0.25, 0.3) is 0 Å². The zero-order chi connectivity index (χ0) is 19.3. The van der Waals surface area contributed by atoms with Crippen LogP contribution in [0.5, 0.6) is 0 Å². The van der Waals surface area contributed by atoms with Crippen molar-refractivity contribution in [1.29, 1.82) is 0 Å². The zero-order valence-corrected chi connectivity index (χ0v) is 16.2. The van der Waals surface area contributed by atoms with Gasteiger partial charge in [-0.15, -0.1) is 0 Å². The van der Waals surface area contributed by atoms with E-state index in [9.17, 15) is 0 Å². The van der Waals surface area contributed by atoms with Gasteiger partial charge in [-0.2, -0.15) is 15.0 Å². The first-order valence-electron chi connectivity index (χ1n) is 9.21. The van der Waals surface area contributed by atoms with E-state index >= 15 is 0 Å². The second-order valence-electron chi connectivity index (χ2n) is 6.67. The minimum atomic E-state index is 0.223. The molecule has 0 amide bonds. The van der Waals surface area contributed by atoms with Crippen LogP contribution in [0.4, 0.5) is 23.3 Å². The molecule has 2 heterocycles. The van der Waals surface area contributed by atoms with E-state index in [-0.39, 0.29) is 5.95 Å². The Balaban J connectivity index is 1.38. The summed E-state index contributed by atoms with van der Waals surface area (Å²) in [6.45, 7) is 4.32. The maximum atomic E-state index is 6.11. The highest BCUT2D eigenvalue weighted by Crippen LogP contribution is 2.21. The molecular formula is C20H22ClN7. The number of piperazine rings is 1. The molecule has 7 nitrogen and oxygen atoms in total. The Labute approximate surface area is 169 Å². The minimum Gasteiger partial charge on any atom is -0.369 e. The number of nitrogens with zero attached hydrogens (tertiary/aromatic N) is 5. The first-order valence-corrected chi connectivity index (χ1v) is 9.59. The van der Waals surface area contributed by atoms with Gasteiger partial charge in [0, 0.05) is 42.6 Å². The summed E-state index contributed by atoms with van der Waals surface area (Å²) in [6, 6.07) is 17.7. The molecule has 144 valence electrons. The topological polar surface area (TPSA) is 83.2 Å². The number of nitrogens with two attached hydrogens (primary N) is 1. The fourth-order valence-corrected chi connectivity index (χ4v) is 3.44. The lowest BCUT2D eigenvalue weighted by Crippen LogP contribution is -2.46. The smallest absolute Gasteiger partial charge is 0.232 e. The predicted octanol–water partition coefficient (Wildman–Crippen LogP) is 3.17. The third-order valence-corrected chi connectivity index (χ3v) is 4.87. The molecule has 1 saturated heterocycles. The van der Waals surface area contributed by atoms with E-state index in [2.05, 4.69) is 36.1 Å². The maximum Gasteiger partial charge on any atom is 0.232 e. The van der Waals surface area contributed by atoms with Crippen molar-refractivity contribution < 1.29 is 0 Å². The highest BCUT2D eigenvalue weighted by Gasteiger charge is 2.19. The summed E-state index contributed by atoms with van der Waals surface area (Å²) in [5.74, 6) is 1.36. The third kappa shape index (κ3) is 4.68. The van der Waals surface area contributed by atoms with E-state index in [0.717, 1.165) is 42.6 Å². The molecule has 1 aliphatic rings. The van der Waals surface area contributed by atoms with E-state index in [1.54, 1.807) is 0 Å². The number of anilines is 4. The second-order valence-corrected chi connectivity index (χ2v) is 7.10. The fourth-order valence-electron chi connectivity index (χ4n) is 3.25. The van der Waals surface area contributed by atoms with Gasteiger partial charge in [0.05, 0.1) is 6.54 Å². The quantitative estimate of drug-likeness (QED) is 0.686. The second kappa shape index (κ2) is 8.41. The number of hydrogen-bond donors (Lipinski definition) is 2. The summed E-state index contributed by atoms with van der Waals surface area (Å²) < 4.78 is 0. The Morgan fingerprint density at radius 2 is 1.71 bits per heavy atom. The summed E-state index contributed by atoms with van der Waals surface area (Å²) in [6.07, 6.45) is 0. The standard InChI is InChI=1S/C20H22ClN7/c21-15-5-4-8-17(13-15)28-11-9-27(10-12-28)14-18-24-19(22)26-20(25-18)23-16-6-2-1-3-7-16/h1-8,13H,9-12,14H2,(H3,22,23,24,25,26). The van der Waals surface area contributed by atoms with Crippen LogP contribution in [0.3, 0.4) is 0 Å². The van der Waals surface area contributed by atoms with Crippen molar-refractivity contribution >= 4 is 34.9 Å². The summed E-state index contributed by atoms with van der Waals surface area (Å²) in [7, 11) is 0. The molecule has 0 atom stereocenters. The first-order chi connectivity index (χ1) is 13.7. The number of nitrogen functional groups attached to an aromatic ring is 1. The van der Waals surface area contributed by atoms with Crippen LogP contribution in [0.1, 0.15) is 5.82 Å². The molecule has 0 spiro atoms. The van der Waals surface area contributed by atoms with Crippen molar-refractivity contribution in [2.75, 3.05) is 42.1 Å². The largest absolute Gasteiger partial charge is 0.369 e. The number of benzene rings is 2. The van der Waals surface area contributed by atoms with Gasteiger partial charge in [-0.3, -0.25) is 4.90 Å². The number of rotatable bonds is 5. The minimum absolute atomic E-state index is 0.223. The van der Waals surface area contributed by atoms with Crippen LogP contribution in [0, 0.1) is 0 Å². The highest BCUT2D eigenvalue weighted by atomic mass is 35.5. The lowest BCUT2D eigenvalue weighted by molar-refractivity contribution is 0.244. The molecule has 28 heavy (non-hydrogen) atoms. The molecule has 3 aromatic rings. The van der Waals surface area contributed by atoms with Gasteiger partial charge in [0.2, 0.25) is 11.9 Å². The average molecular weight is 396 g/mol. The lowest BCUT2D eigenvalue weighted by Gasteiger charge is -2.35. The van der Waals surface area contributed by atoms with E-state index in [0.29, 0.717) is 18.3 Å². The van der Waals surface area contributed by atoms with E-state index in [4.69, 9.17) is 17.3 Å². The Bertz CT molecular complexity index is 927. The van der Waals surface area contributed by atoms with Crippen molar-refractivity contribution in [2.24, 2.45) is 0 Å². The third-order valence-electron chi connectivity index (χ3n) is 4.64. The van der Waals surface area contributed by atoms with Crippen LogP contribution in [-0.2, 0) is 6.54 Å². The monoisotopic (exact) mass is 395 g/mol. The van der Waals surface area contributed by atoms with Crippen LogP contribution < -0.4 is 16.0 Å².